The van der Waals surface area contributed by atoms with Crippen LogP contribution in [0.4, 0.5) is 0 Å². The molecule has 2 heteroatoms. The number of rotatable bonds is 3. The van der Waals surface area contributed by atoms with Gasteiger partial charge < -0.3 is 5.11 Å². The smallest absolute Gasteiger partial charge is 0.184 e. The average molecular weight is 156 g/mol. The lowest BCUT2D eigenvalue weighted by atomic mass is 10.0. The van der Waals surface area contributed by atoms with Crippen molar-refractivity contribution in [3.63, 3.8) is 0 Å². The van der Waals surface area contributed by atoms with Crippen molar-refractivity contribution in [2.75, 3.05) is 0 Å². The molecular weight excluding hydrogens is 140 g/mol. The summed E-state index contributed by atoms with van der Waals surface area (Å²) < 4.78 is 0. The van der Waals surface area contributed by atoms with Crippen LogP contribution in [0.15, 0.2) is 11.6 Å². The van der Waals surface area contributed by atoms with Crippen molar-refractivity contribution in [3.05, 3.63) is 11.6 Å². The van der Waals surface area contributed by atoms with Gasteiger partial charge in [-0.1, -0.05) is 19.4 Å². The summed E-state index contributed by atoms with van der Waals surface area (Å²) in [4.78, 5) is 11.1. The van der Waals surface area contributed by atoms with Crippen molar-refractivity contribution in [1.29, 1.82) is 0 Å². The maximum Gasteiger partial charge on any atom is 0.184 e. The van der Waals surface area contributed by atoms with Crippen LogP contribution in [0.2, 0.25) is 0 Å². The van der Waals surface area contributed by atoms with E-state index >= 15 is 0 Å². The molecule has 0 saturated carbocycles. The van der Waals surface area contributed by atoms with E-state index in [9.17, 15) is 9.90 Å². The number of ketones is 1. The largest absolute Gasteiger partial charge is 0.385 e. The van der Waals surface area contributed by atoms with Crippen molar-refractivity contribution < 1.29 is 9.90 Å². The molecule has 0 aromatic rings. The Balaban J connectivity index is 4.15. The SMILES string of the molecule is CC(C)=CC(=O)C(O)C(C)C. The van der Waals surface area contributed by atoms with Crippen LogP contribution in [0.5, 0.6) is 0 Å². The maximum absolute atomic E-state index is 11.1. The van der Waals surface area contributed by atoms with Gasteiger partial charge in [-0.2, -0.15) is 0 Å². The number of hydrogen-bond donors (Lipinski definition) is 1. The first-order valence-corrected chi connectivity index (χ1v) is 3.82. The van der Waals surface area contributed by atoms with Gasteiger partial charge in [-0.15, -0.1) is 0 Å². The monoisotopic (exact) mass is 156 g/mol. The highest BCUT2D eigenvalue weighted by atomic mass is 16.3. The Bertz CT molecular complexity index is 164. The van der Waals surface area contributed by atoms with Crippen molar-refractivity contribution in [2.24, 2.45) is 5.92 Å². The fourth-order valence-electron chi connectivity index (χ4n) is 0.698. The van der Waals surface area contributed by atoms with E-state index in [4.69, 9.17) is 0 Å². The molecule has 0 amide bonds. The van der Waals surface area contributed by atoms with Gasteiger partial charge in [-0.3, -0.25) is 4.79 Å². The van der Waals surface area contributed by atoms with E-state index < -0.39 is 6.10 Å². The predicted octanol–water partition coefficient (Wildman–Crippen LogP) is 1.54. The molecule has 0 aliphatic carbocycles. The van der Waals surface area contributed by atoms with Crippen LogP contribution >= 0.6 is 0 Å². The Labute approximate surface area is 67.9 Å². The van der Waals surface area contributed by atoms with E-state index in [0.717, 1.165) is 5.57 Å². The van der Waals surface area contributed by atoms with Crippen LogP contribution in [-0.2, 0) is 4.79 Å². The van der Waals surface area contributed by atoms with E-state index in [1.807, 2.05) is 27.7 Å². The van der Waals surface area contributed by atoms with Gasteiger partial charge in [0.15, 0.2) is 5.78 Å². The first-order chi connectivity index (χ1) is 4.95. The lowest BCUT2D eigenvalue weighted by Gasteiger charge is -2.10. The molecule has 11 heavy (non-hydrogen) atoms. The highest BCUT2D eigenvalue weighted by Gasteiger charge is 2.15. The van der Waals surface area contributed by atoms with Crippen LogP contribution in [0.25, 0.3) is 0 Å². The minimum atomic E-state index is -0.843. The molecular formula is C9H16O2. The molecule has 0 fully saturated rings. The molecule has 0 aromatic carbocycles. The van der Waals surface area contributed by atoms with Crippen LogP contribution < -0.4 is 0 Å². The second-order valence-electron chi connectivity index (χ2n) is 3.31. The van der Waals surface area contributed by atoms with E-state index in [2.05, 4.69) is 0 Å². The van der Waals surface area contributed by atoms with Gasteiger partial charge in [-0.05, 0) is 25.8 Å². The number of hydrogen-bond acceptors (Lipinski definition) is 2. The number of carbonyl (C=O) groups is 1. The molecule has 0 aliphatic rings. The number of aliphatic hydroxyl groups is 1. The number of allylic oxidation sites excluding steroid dienone is 1. The van der Waals surface area contributed by atoms with E-state index in [1.165, 1.54) is 6.08 Å². The topological polar surface area (TPSA) is 37.3 Å². The summed E-state index contributed by atoms with van der Waals surface area (Å²) in [5.74, 6) is -0.196. The zero-order valence-electron chi connectivity index (χ0n) is 7.59. The van der Waals surface area contributed by atoms with Crippen molar-refractivity contribution in [2.45, 2.75) is 33.8 Å². The van der Waals surface area contributed by atoms with Gasteiger partial charge in [0.05, 0.1) is 0 Å². The number of aliphatic hydroxyl groups excluding tert-OH is 1. The van der Waals surface area contributed by atoms with Crippen LogP contribution in [0.1, 0.15) is 27.7 Å². The molecule has 0 aromatic heterocycles. The summed E-state index contributed by atoms with van der Waals surface area (Å²) in [7, 11) is 0. The lowest BCUT2D eigenvalue weighted by Crippen LogP contribution is -2.24. The molecule has 2 nitrogen and oxygen atoms in total. The molecule has 0 radical (unpaired) electrons. The van der Waals surface area contributed by atoms with Crippen molar-refractivity contribution >= 4 is 5.78 Å². The lowest BCUT2D eigenvalue weighted by molar-refractivity contribution is -0.124. The summed E-state index contributed by atoms with van der Waals surface area (Å²) in [6.45, 7) is 7.32. The minimum Gasteiger partial charge on any atom is -0.385 e. The van der Waals surface area contributed by atoms with Crippen LogP contribution in [-0.4, -0.2) is 17.0 Å². The minimum absolute atomic E-state index is 0.00176. The first-order valence-electron chi connectivity index (χ1n) is 3.82. The third-order valence-electron chi connectivity index (χ3n) is 1.35. The fourth-order valence-corrected chi connectivity index (χ4v) is 0.698. The second-order valence-corrected chi connectivity index (χ2v) is 3.31. The Kier molecular flexibility index (Phi) is 4.04. The standard InChI is InChI=1S/C9H16O2/c1-6(2)5-8(10)9(11)7(3)4/h5,7,9,11H,1-4H3. The summed E-state index contributed by atoms with van der Waals surface area (Å²) in [5, 5.41) is 9.25. The molecule has 0 heterocycles. The third-order valence-corrected chi connectivity index (χ3v) is 1.35. The van der Waals surface area contributed by atoms with Crippen LogP contribution in [0, 0.1) is 5.92 Å². The van der Waals surface area contributed by atoms with Gasteiger partial charge >= 0.3 is 0 Å². The third kappa shape index (κ3) is 3.94. The van der Waals surface area contributed by atoms with E-state index in [0.29, 0.717) is 0 Å². The molecule has 1 atom stereocenters. The Morgan fingerprint density at radius 3 is 2.09 bits per heavy atom. The second kappa shape index (κ2) is 4.29. The molecule has 0 spiro atoms. The highest BCUT2D eigenvalue weighted by Crippen LogP contribution is 2.04. The summed E-state index contributed by atoms with van der Waals surface area (Å²) in [6, 6.07) is 0. The molecule has 64 valence electrons. The fraction of sp³-hybridized carbons (Fsp3) is 0.667. The van der Waals surface area contributed by atoms with Crippen molar-refractivity contribution in [3.8, 4) is 0 Å². The Hall–Kier alpha value is -0.630. The van der Waals surface area contributed by atoms with Gasteiger partial charge in [0.25, 0.3) is 0 Å². The summed E-state index contributed by atoms with van der Waals surface area (Å²) >= 11 is 0. The maximum atomic E-state index is 11.1. The van der Waals surface area contributed by atoms with Crippen LogP contribution in [0.3, 0.4) is 0 Å². The number of carbonyl (C=O) groups excluding carboxylic acids is 1. The zero-order valence-corrected chi connectivity index (χ0v) is 7.59. The summed E-state index contributed by atoms with van der Waals surface area (Å²) in [6.07, 6.45) is 0.634. The van der Waals surface area contributed by atoms with E-state index in [1.54, 1.807) is 0 Å². The molecule has 0 rings (SSSR count). The van der Waals surface area contributed by atoms with Gasteiger partial charge in [0.1, 0.15) is 6.10 Å². The van der Waals surface area contributed by atoms with Gasteiger partial charge in [0, 0.05) is 0 Å². The Morgan fingerprint density at radius 2 is 1.82 bits per heavy atom. The van der Waals surface area contributed by atoms with Gasteiger partial charge in [-0.25, -0.2) is 0 Å². The molecule has 0 aliphatic heterocycles. The normalized spacial score (nSPS) is 12.9. The quantitative estimate of drug-likeness (QED) is 0.629. The molecule has 0 saturated heterocycles. The Morgan fingerprint density at radius 1 is 1.36 bits per heavy atom. The van der Waals surface area contributed by atoms with Gasteiger partial charge in [0.2, 0.25) is 0 Å². The average Bonchev–Trinajstić information content (AvgIpc) is 1.84. The van der Waals surface area contributed by atoms with Crippen molar-refractivity contribution in [1.82, 2.24) is 0 Å². The highest BCUT2D eigenvalue weighted by molar-refractivity contribution is 5.93. The molecule has 0 bridgehead atoms. The summed E-state index contributed by atoms with van der Waals surface area (Å²) in [5.41, 5.74) is 0.926. The molecule has 1 N–H and O–H groups in total. The predicted molar refractivity (Wildman–Crippen MR) is 45.3 cm³/mol. The zero-order chi connectivity index (χ0) is 9.02. The first kappa shape index (κ1) is 10.4. The molecule has 1 unspecified atom stereocenters. The van der Waals surface area contributed by atoms with E-state index in [-0.39, 0.29) is 11.7 Å².